The first kappa shape index (κ1) is 20.7. The van der Waals surface area contributed by atoms with Crippen LogP contribution in [0, 0.1) is 29.5 Å². The fourth-order valence-corrected chi connectivity index (χ4v) is 5.22. The normalized spacial score (nSPS) is 28.7. The van der Waals surface area contributed by atoms with Crippen LogP contribution < -0.4 is 4.74 Å². The lowest BCUT2D eigenvalue weighted by atomic mass is 9.69. The van der Waals surface area contributed by atoms with Crippen LogP contribution >= 0.6 is 11.6 Å². The molecule has 0 radical (unpaired) electrons. The Hall–Kier alpha value is -1.02. The van der Waals surface area contributed by atoms with Gasteiger partial charge in [-0.3, -0.25) is 0 Å². The zero-order valence-corrected chi connectivity index (χ0v) is 17.2. The summed E-state index contributed by atoms with van der Waals surface area (Å²) in [6, 6.07) is 4.71. The maximum atomic E-state index is 13.5. The van der Waals surface area contributed by atoms with Crippen molar-refractivity contribution in [1.29, 1.82) is 0 Å². The minimum atomic E-state index is -0.405. The van der Waals surface area contributed by atoms with Crippen LogP contribution in [0.2, 0.25) is 5.02 Å². The average molecular weight is 393 g/mol. The van der Waals surface area contributed by atoms with Gasteiger partial charge in [0.25, 0.3) is 0 Å². The third kappa shape index (κ3) is 6.24. The molecule has 1 aromatic carbocycles. The van der Waals surface area contributed by atoms with Crippen LogP contribution in [0.15, 0.2) is 30.9 Å². The van der Waals surface area contributed by atoms with E-state index in [9.17, 15) is 4.39 Å². The molecule has 0 aromatic heterocycles. The highest BCUT2D eigenvalue weighted by molar-refractivity contribution is 6.30. The van der Waals surface area contributed by atoms with Crippen molar-refractivity contribution < 1.29 is 9.13 Å². The Bertz CT molecular complexity index is 586. The molecule has 3 rings (SSSR count). The van der Waals surface area contributed by atoms with Crippen molar-refractivity contribution >= 4 is 11.6 Å². The number of halogens is 2. The second kappa shape index (κ2) is 10.5. The maximum Gasteiger partial charge on any atom is 0.145 e. The van der Waals surface area contributed by atoms with Crippen molar-refractivity contribution in [2.45, 2.75) is 70.6 Å². The second-order valence-electron chi connectivity index (χ2n) is 8.67. The number of unbranched alkanes of at least 4 members (excludes halogenated alkanes) is 1. The number of allylic oxidation sites excluding steroid dienone is 1. The molecule has 2 saturated carbocycles. The van der Waals surface area contributed by atoms with E-state index in [0.717, 1.165) is 17.8 Å². The van der Waals surface area contributed by atoms with Gasteiger partial charge in [-0.1, -0.05) is 36.9 Å². The Labute approximate surface area is 169 Å². The molecule has 0 saturated heterocycles. The first-order valence-electron chi connectivity index (χ1n) is 10.8. The largest absolute Gasteiger partial charge is 0.493 e. The Balaban J connectivity index is 1.34. The monoisotopic (exact) mass is 392 g/mol. The minimum Gasteiger partial charge on any atom is -0.493 e. The van der Waals surface area contributed by atoms with E-state index in [2.05, 4.69) is 12.7 Å². The number of benzene rings is 1. The lowest BCUT2D eigenvalue weighted by Crippen LogP contribution is -2.27. The van der Waals surface area contributed by atoms with E-state index in [1.807, 2.05) is 0 Å². The molecule has 27 heavy (non-hydrogen) atoms. The van der Waals surface area contributed by atoms with E-state index in [1.165, 1.54) is 76.7 Å². The number of hydrogen-bond acceptors (Lipinski definition) is 1. The van der Waals surface area contributed by atoms with Gasteiger partial charge in [0, 0.05) is 6.07 Å². The minimum absolute atomic E-state index is 0.151. The van der Waals surface area contributed by atoms with E-state index in [0.29, 0.717) is 18.3 Å². The molecule has 2 fully saturated rings. The van der Waals surface area contributed by atoms with Crippen LogP contribution in [0.1, 0.15) is 70.6 Å². The summed E-state index contributed by atoms with van der Waals surface area (Å²) in [5.74, 6) is 3.63. The second-order valence-corrected chi connectivity index (χ2v) is 9.08. The fraction of sp³-hybridized carbons (Fsp3) is 0.667. The predicted octanol–water partition coefficient (Wildman–Crippen LogP) is 7.83. The van der Waals surface area contributed by atoms with Gasteiger partial charge in [-0.2, -0.15) is 0 Å². The number of hydrogen-bond donors (Lipinski definition) is 0. The van der Waals surface area contributed by atoms with Crippen molar-refractivity contribution in [2.24, 2.45) is 23.7 Å². The van der Waals surface area contributed by atoms with Crippen LogP contribution in [0.4, 0.5) is 4.39 Å². The summed E-state index contributed by atoms with van der Waals surface area (Å²) in [6.07, 6.45) is 16.9. The molecule has 150 valence electrons. The van der Waals surface area contributed by atoms with Gasteiger partial charge in [-0.25, -0.2) is 4.39 Å². The van der Waals surface area contributed by atoms with Gasteiger partial charge in [-0.05, 0) is 87.2 Å². The van der Waals surface area contributed by atoms with Gasteiger partial charge in [-0.15, -0.1) is 6.58 Å². The molecule has 0 bridgehead atoms. The quantitative estimate of drug-likeness (QED) is 0.323. The molecule has 0 spiro atoms. The average Bonchev–Trinajstić information content (AvgIpc) is 2.70. The van der Waals surface area contributed by atoms with Gasteiger partial charge in [0.05, 0.1) is 11.6 Å². The number of ether oxygens (including phenoxy) is 1. The van der Waals surface area contributed by atoms with Crippen LogP contribution in [0.25, 0.3) is 0 Å². The molecule has 0 heterocycles. The van der Waals surface area contributed by atoms with Gasteiger partial charge in [0.1, 0.15) is 11.6 Å². The molecule has 1 aromatic rings. The summed E-state index contributed by atoms with van der Waals surface area (Å²) >= 11 is 5.73. The Morgan fingerprint density at radius 2 is 1.63 bits per heavy atom. The third-order valence-electron chi connectivity index (χ3n) is 6.85. The van der Waals surface area contributed by atoms with E-state index in [4.69, 9.17) is 16.3 Å². The summed E-state index contributed by atoms with van der Waals surface area (Å²) in [5, 5.41) is 0.151. The molecule has 1 nitrogen and oxygen atoms in total. The van der Waals surface area contributed by atoms with Crippen molar-refractivity contribution in [3.8, 4) is 5.75 Å². The summed E-state index contributed by atoms with van der Waals surface area (Å²) in [4.78, 5) is 0. The molecule has 0 unspecified atom stereocenters. The lowest BCUT2D eigenvalue weighted by molar-refractivity contribution is 0.121. The van der Waals surface area contributed by atoms with E-state index < -0.39 is 5.82 Å². The Kier molecular flexibility index (Phi) is 8.06. The van der Waals surface area contributed by atoms with Crippen molar-refractivity contribution in [3.05, 3.63) is 41.7 Å². The van der Waals surface area contributed by atoms with Gasteiger partial charge < -0.3 is 4.74 Å². The molecule has 0 amide bonds. The van der Waals surface area contributed by atoms with Gasteiger partial charge in [0.15, 0.2) is 0 Å². The van der Waals surface area contributed by atoms with Crippen LogP contribution in [0.3, 0.4) is 0 Å². The van der Waals surface area contributed by atoms with Gasteiger partial charge in [0.2, 0.25) is 0 Å². The maximum absolute atomic E-state index is 13.5. The van der Waals surface area contributed by atoms with Gasteiger partial charge >= 0.3 is 0 Å². The highest BCUT2D eigenvalue weighted by atomic mass is 35.5. The molecular weight excluding hydrogens is 359 g/mol. The SMILES string of the molecule is C=CCCC[C@H]1CC[C@H]([C@H]2CC[C@H](COc3ccc(Cl)c(F)c3)CC2)CC1. The highest BCUT2D eigenvalue weighted by Gasteiger charge is 2.30. The molecule has 0 N–H and O–H groups in total. The summed E-state index contributed by atoms with van der Waals surface area (Å²) < 4.78 is 19.3. The molecule has 2 aliphatic carbocycles. The Morgan fingerprint density at radius 3 is 2.22 bits per heavy atom. The summed E-state index contributed by atoms with van der Waals surface area (Å²) in [5.41, 5.74) is 0. The zero-order valence-electron chi connectivity index (χ0n) is 16.5. The first-order valence-corrected chi connectivity index (χ1v) is 11.2. The standard InChI is InChI=1S/C24H34ClFO/c1-2-3-4-5-18-6-10-20(11-7-18)21-12-8-19(9-13-21)17-27-22-14-15-23(25)24(26)16-22/h2,14-16,18-21H,1,3-13,17H2/t18-,19-,20-,21-. The van der Waals surface area contributed by atoms with Crippen LogP contribution in [-0.4, -0.2) is 6.61 Å². The predicted molar refractivity (Wildman–Crippen MR) is 112 cm³/mol. The molecule has 3 heteroatoms. The van der Waals surface area contributed by atoms with Crippen LogP contribution in [-0.2, 0) is 0 Å². The topological polar surface area (TPSA) is 9.23 Å². The molecule has 0 atom stereocenters. The Morgan fingerprint density at radius 1 is 1.00 bits per heavy atom. The van der Waals surface area contributed by atoms with Crippen LogP contribution in [0.5, 0.6) is 5.75 Å². The summed E-state index contributed by atoms with van der Waals surface area (Å²) in [6.45, 7) is 4.53. The summed E-state index contributed by atoms with van der Waals surface area (Å²) in [7, 11) is 0. The van der Waals surface area contributed by atoms with E-state index in [1.54, 1.807) is 12.1 Å². The lowest BCUT2D eigenvalue weighted by Gasteiger charge is -2.38. The third-order valence-corrected chi connectivity index (χ3v) is 7.15. The van der Waals surface area contributed by atoms with Crippen molar-refractivity contribution in [1.82, 2.24) is 0 Å². The fourth-order valence-electron chi connectivity index (χ4n) is 5.11. The molecule has 2 aliphatic rings. The number of rotatable bonds is 8. The first-order chi connectivity index (χ1) is 13.2. The van der Waals surface area contributed by atoms with Crippen molar-refractivity contribution in [2.75, 3.05) is 6.61 Å². The zero-order chi connectivity index (χ0) is 19.1. The molecule has 0 aliphatic heterocycles. The smallest absolute Gasteiger partial charge is 0.145 e. The molecular formula is C24H34ClFO. The van der Waals surface area contributed by atoms with E-state index >= 15 is 0 Å². The highest BCUT2D eigenvalue weighted by Crippen LogP contribution is 2.42. The van der Waals surface area contributed by atoms with E-state index in [-0.39, 0.29) is 5.02 Å². The van der Waals surface area contributed by atoms with Crippen molar-refractivity contribution in [3.63, 3.8) is 0 Å².